The van der Waals surface area contributed by atoms with Gasteiger partial charge in [0.1, 0.15) is 11.5 Å². The van der Waals surface area contributed by atoms with Gasteiger partial charge >= 0.3 is 0 Å². The van der Waals surface area contributed by atoms with Crippen LogP contribution in [0.4, 0.5) is 5.82 Å². The lowest BCUT2D eigenvalue weighted by atomic mass is 10.1. The van der Waals surface area contributed by atoms with Crippen LogP contribution in [0.15, 0.2) is 34.9 Å². The molecular weight excluding hydrogens is 292 g/mol. The predicted octanol–water partition coefficient (Wildman–Crippen LogP) is 1.80. The molecule has 0 atom stereocenters. The van der Waals surface area contributed by atoms with Crippen LogP contribution in [0.2, 0.25) is 0 Å². The van der Waals surface area contributed by atoms with Crippen molar-refractivity contribution in [1.29, 1.82) is 0 Å². The van der Waals surface area contributed by atoms with Crippen LogP contribution in [0.5, 0.6) is 0 Å². The number of piperazine rings is 1. The second kappa shape index (κ2) is 6.42. The van der Waals surface area contributed by atoms with E-state index in [9.17, 15) is 4.79 Å². The van der Waals surface area contributed by atoms with Gasteiger partial charge in [-0.2, -0.15) is 0 Å². The van der Waals surface area contributed by atoms with E-state index in [1.54, 1.807) is 6.26 Å². The summed E-state index contributed by atoms with van der Waals surface area (Å²) in [5, 5.41) is 0. The predicted molar refractivity (Wildman–Crippen MR) is 89.7 cm³/mol. The first-order valence-corrected chi connectivity index (χ1v) is 7.76. The molecular formula is C17H22N4O2. The average molecular weight is 314 g/mol. The van der Waals surface area contributed by atoms with E-state index in [2.05, 4.69) is 16.9 Å². The highest BCUT2D eigenvalue weighted by molar-refractivity contribution is 5.99. The van der Waals surface area contributed by atoms with Crippen LogP contribution in [0, 0.1) is 0 Å². The van der Waals surface area contributed by atoms with Crippen LogP contribution >= 0.6 is 0 Å². The lowest BCUT2D eigenvalue weighted by Crippen LogP contribution is -2.47. The van der Waals surface area contributed by atoms with Gasteiger partial charge in [-0.05, 0) is 31.3 Å². The van der Waals surface area contributed by atoms with Crippen LogP contribution in [-0.2, 0) is 0 Å². The Bertz CT molecular complexity index is 674. The lowest BCUT2D eigenvalue weighted by Gasteiger charge is -2.33. The second-order valence-corrected chi connectivity index (χ2v) is 6.03. The molecule has 3 heterocycles. The molecule has 122 valence electrons. The number of anilines is 1. The first-order valence-electron chi connectivity index (χ1n) is 7.76. The summed E-state index contributed by atoms with van der Waals surface area (Å²) in [5.41, 5.74) is 1.36. The summed E-state index contributed by atoms with van der Waals surface area (Å²) in [7, 11) is 5.87. The number of nitrogens with zero attached hydrogens (tertiary/aromatic N) is 4. The van der Waals surface area contributed by atoms with Crippen molar-refractivity contribution in [2.75, 3.05) is 52.2 Å². The molecule has 0 saturated carbocycles. The molecule has 0 unspecified atom stereocenters. The average Bonchev–Trinajstić information content (AvgIpc) is 3.09. The number of pyridine rings is 1. The smallest absolute Gasteiger partial charge is 0.257 e. The first kappa shape index (κ1) is 15.6. The number of amides is 1. The van der Waals surface area contributed by atoms with Gasteiger partial charge in [0, 0.05) is 40.3 Å². The van der Waals surface area contributed by atoms with E-state index >= 15 is 0 Å². The molecule has 6 nitrogen and oxygen atoms in total. The van der Waals surface area contributed by atoms with Crippen molar-refractivity contribution < 1.29 is 9.21 Å². The Morgan fingerprint density at radius 3 is 2.52 bits per heavy atom. The molecule has 0 bridgehead atoms. The molecule has 0 aromatic carbocycles. The van der Waals surface area contributed by atoms with Gasteiger partial charge in [0.2, 0.25) is 0 Å². The molecule has 1 saturated heterocycles. The van der Waals surface area contributed by atoms with E-state index in [1.165, 1.54) is 0 Å². The molecule has 3 rings (SSSR count). The van der Waals surface area contributed by atoms with Crippen molar-refractivity contribution in [2.45, 2.75) is 0 Å². The summed E-state index contributed by atoms with van der Waals surface area (Å²) >= 11 is 0. The summed E-state index contributed by atoms with van der Waals surface area (Å²) < 4.78 is 5.40. The zero-order chi connectivity index (χ0) is 16.4. The van der Waals surface area contributed by atoms with Crippen molar-refractivity contribution >= 4 is 11.7 Å². The minimum absolute atomic E-state index is 0.0419. The highest BCUT2D eigenvalue weighted by atomic mass is 16.3. The fourth-order valence-electron chi connectivity index (χ4n) is 2.70. The summed E-state index contributed by atoms with van der Waals surface area (Å²) in [5.74, 6) is 1.41. The van der Waals surface area contributed by atoms with Crippen LogP contribution < -0.4 is 4.90 Å². The maximum absolute atomic E-state index is 12.8. The molecule has 0 spiro atoms. The Morgan fingerprint density at radius 2 is 1.91 bits per heavy atom. The van der Waals surface area contributed by atoms with Gasteiger partial charge in [-0.3, -0.25) is 4.79 Å². The van der Waals surface area contributed by atoms with E-state index in [-0.39, 0.29) is 5.91 Å². The fraction of sp³-hybridized carbons (Fsp3) is 0.412. The minimum Gasteiger partial charge on any atom is -0.463 e. The molecule has 0 aliphatic carbocycles. The number of carbonyl (C=O) groups excluding carboxylic acids is 1. The molecule has 2 aromatic rings. The number of aromatic nitrogens is 1. The zero-order valence-corrected chi connectivity index (χ0v) is 13.8. The summed E-state index contributed by atoms with van der Waals surface area (Å²) in [6, 6.07) is 7.38. The van der Waals surface area contributed by atoms with E-state index < -0.39 is 0 Å². The fourth-order valence-corrected chi connectivity index (χ4v) is 2.70. The Kier molecular flexibility index (Phi) is 4.34. The largest absolute Gasteiger partial charge is 0.463 e. The lowest BCUT2D eigenvalue weighted by molar-refractivity contribution is 0.0664. The van der Waals surface area contributed by atoms with Gasteiger partial charge in [0.25, 0.3) is 5.91 Å². The molecule has 0 radical (unpaired) electrons. The SMILES string of the molecule is CN1CCN(C(=O)c2ccc(-c3ccco3)nc2N(C)C)CC1. The van der Waals surface area contributed by atoms with Crippen molar-refractivity contribution in [3.8, 4) is 11.5 Å². The maximum atomic E-state index is 12.8. The monoisotopic (exact) mass is 314 g/mol. The second-order valence-electron chi connectivity index (χ2n) is 6.03. The van der Waals surface area contributed by atoms with Crippen molar-refractivity contribution in [3.05, 3.63) is 36.1 Å². The van der Waals surface area contributed by atoms with Crippen LogP contribution in [0.3, 0.4) is 0 Å². The van der Waals surface area contributed by atoms with E-state index in [0.29, 0.717) is 17.1 Å². The van der Waals surface area contributed by atoms with Crippen LogP contribution in [-0.4, -0.2) is 68.0 Å². The molecule has 1 aliphatic heterocycles. The van der Waals surface area contributed by atoms with Crippen molar-refractivity contribution in [2.24, 2.45) is 0 Å². The number of furan rings is 1. The van der Waals surface area contributed by atoms with E-state index in [4.69, 9.17) is 4.42 Å². The number of hydrogen-bond donors (Lipinski definition) is 0. The van der Waals surface area contributed by atoms with E-state index in [0.717, 1.165) is 31.9 Å². The summed E-state index contributed by atoms with van der Waals surface area (Å²) in [4.78, 5) is 23.5. The van der Waals surface area contributed by atoms with Gasteiger partial charge < -0.3 is 19.1 Å². The maximum Gasteiger partial charge on any atom is 0.257 e. The summed E-state index contributed by atoms with van der Waals surface area (Å²) in [6.07, 6.45) is 1.62. The zero-order valence-electron chi connectivity index (χ0n) is 13.8. The number of likely N-dealkylation sites (N-methyl/N-ethyl adjacent to an activating group) is 1. The molecule has 1 fully saturated rings. The standard InChI is InChI=1S/C17H22N4O2/c1-19(2)16-13(17(22)21-10-8-20(3)9-11-21)6-7-14(18-16)15-5-4-12-23-15/h4-7,12H,8-11H2,1-3H3. The first-order chi connectivity index (χ1) is 11.1. The quantitative estimate of drug-likeness (QED) is 0.864. The molecule has 1 amide bonds. The number of carbonyl (C=O) groups is 1. The van der Waals surface area contributed by atoms with Gasteiger partial charge in [-0.25, -0.2) is 4.98 Å². The number of rotatable bonds is 3. The normalized spacial score (nSPS) is 15.7. The highest BCUT2D eigenvalue weighted by Crippen LogP contribution is 2.25. The Labute approximate surface area is 136 Å². The van der Waals surface area contributed by atoms with Crippen molar-refractivity contribution in [3.63, 3.8) is 0 Å². The minimum atomic E-state index is 0.0419. The van der Waals surface area contributed by atoms with Crippen molar-refractivity contribution in [1.82, 2.24) is 14.8 Å². The highest BCUT2D eigenvalue weighted by Gasteiger charge is 2.24. The Balaban J connectivity index is 1.90. The molecule has 2 aromatic heterocycles. The molecule has 23 heavy (non-hydrogen) atoms. The van der Waals surface area contributed by atoms with Gasteiger partial charge in [-0.1, -0.05) is 0 Å². The van der Waals surface area contributed by atoms with Gasteiger partial charge in [0.15, 0.2) is 5.76 Å². The Hall–Kier alpha value is -2.34. The molecule has 6 heteroatoms. The van der Waals surface area contributed by atoms with Crippen LogP contribution in [0.25, 0.3) is 11.5 Å². The number of hydrogen-bond acceptors (Lipinski definition) is 5. The van der Waals surface area contributed by atoms with Gasteiger partial charge in [0.05, 0.1) is 11.8 Å². The Morgan fingerprint density at radius 1 is 1.17 bits per heavy atom. The third-order valence-electron chi connectivity index (χ3n) is 4.09. The summed E-state index contributed by atoms with van der Waals surface area (Å²) in [6.45, 7) is 3.31. The van der Waals surface area contributed by atoms with Gasteiger partial charge in [-0.15, -0.1) is 0 Å². The molecule has 0 N–H and O–H groups in total. The third-order valence-corrected chi connectivity index (χ3v) is 4.09. The van der Waals surface area contributed by atoms with E-state index in [1.807, 2.05) is 48.2 Å². The third kappa shape index (κ3) is 3.22. The molecule has 1 aliphatic rings. The topological polar surface area (TPSA) is 52.8 Å². The van der Waals surface area contributed by atoms with Crippen LogP contribution in [0.1, 0.15) is 10.4 Å².